The van der Waals surface area contributed by atoms with E-state index in [1.807, 2.05) is 16.8 Å². The third-order valence-electron chi connectivity index (χ3n) is 2.92. The molecule has 0 radical (unpaired) electrons. The first-order valence-electron chi connectivity index (χ1n) is 5.88. The summed E-state index contributed by atoms with van der Waals surface area (Å²) < 4.78 is 39.4. The largest absolute Gasteiger partial charge is 0.407 e. The molecular weight excluding hydrogens is 271 g/mol. The molecule has 1 heterocycles. The van der Waals surface area contributed by atoms with E-state index in [1.165, 1.54) is 23.5 Å². The molecule has 2 unspecified atom stereocenters. The van der Waals surface area contributed by atoms with Crippen molar-refractivity contribution in [3.8, 4) is 0 Å². The van der Waals surface area contributed by atoms with Crippen LogP contribution in [0.15, 0.2) is 47.2 Å². The molecule has 0 bridgehead atoms. The predicted molar refractivity (Wildman–Crippen MR) is 71.1 cm³/mol. The highest BCUT2D eigenvalue weighted by Crippen LogP contribution is 2.34. The van der Waals surface area contributed by atoms with Crippen LogP contribution in [0, 0.1) is 0 Å². The van der Waals surface area contributed by atoms with Gasteiger partial charge in [0, 0.05) is 6.04 Å². The van der Waals surface area contributed by atoms with Crippen molar-refractivity contribution in [2.24, 2.45) is 0 Å². The van der Waals surface area contributed by atoms with E-state index in [9.17, 15) is 13.2 Å². The number of benzene rings is 1. The molecule has 1 nitrogen and oxygen atoms in total. The minimum atomic E-state index is -4.31. The van der Waals surface area contributed by atoms with Crippen LogP contribution in [-0.4, -0.2) is 6.18 Å². The van der Waals surface area contributed by atoms with E-state index in [-0.39, 0.29) is 11.6 Å². The van der Waals surface area contributed by atoms with Crippen molar-refractivity contribution in [1.29, 1.82) is 0 Å². The molecule has 19 heavy (non-hydrogen) atoms. The second kappa shape index (κ2) is 5.75. The van der Waals surface area contributed by atoms with Gasteiger partial charge in [-0.25, -0.2) is 0 Å². The van der Waals surface area contributed by atoms with Crippen LogP contribution in [0.5, 0.6) is 0 Å². The average molecular weight is 285 g/mol. The van der Waals surface area contributed by atoms with Gasteiger partial charge in [0.05, 0.1) is 0 Å². The molecular formula is C14H14F3NS. The summed E-state index contributed by atoms with van der Waals surface area (Å²) in [4.78, 5) is 0. The number of hydrogen-bond acceptors (Lipinski definition) is 2. The molecule has 0 saturated heterocycles. The van der Waals surface area contributed by atoms with Gasteiger partial charge in [-0.2, -0.15) is 24.5 Å². The third kappa shape index (κ3) is 3.58. The van der Waals surface area contributed by atoms with Gasteiger partial charge in [0.15, 0.2) is 0 Å². The number of halogens is 3. The SMILES string of the molecule is CC(NC(c1ccccc1)C(F)(F)F)c1ccsc1. The first-order chi connectivity index (χ1) is 8.98. The van der Waals surface area contributed by atoms with Gasteiger partial charge in [-0.05, 0) is 34.9 Å². The second-order valence-electron chi connectivity index (χ2n) is 4.33. The van der Waals surface area contributed by atoms with Crippen LogP contribution < -0.4 is 5.32 Å². The van der Waals surface area contributed by atoms with E-state index in [1.54, 1.807) is 25.1 Å². The lowest BCUT2D eigenvalue weighted by Crippen LogP contribution is -2.35. The molecule has 1 N–H and O–H groups in total. The fourth-order valence-electron chi connectivity index (χ4n) is 1.89. The van der Waals surface area contributed by atoms with Crippen LogP contribution in [0.25, 0.3) is 0 Å². The Hall–Kier alpha value is -1.33. The third-order valence-corrected chi connectivity index (χ3v) is 3.62. The number of rotatable bonds is 4. The van der Waals surface area contributed by atoms with Crippen LogP contribution in [0.4, 0.5) is 13.2 Å². The molecule has 0 amide bonds. The van der Waals surface area contributed by atoms with Gasteiger partial charge in [-0.3, -0.25) is 5.32 Å². The van der Waals surface area contributed by atoms with Crippen molar-refractivity contribution in [2.75, 3.05) is 0 Å². The van der Waals surface area contributed by atoms with E-state index < -0.39 is 12.2 Å². The lowest BCUT2D eigenvalue weighted by molar-refractivity contribution is -0.159. The molecule has 0 aliphatic heterocycles. The van der Waals surface area contributed by atoms with Crippen molar-refractivity contribution >= 4 is 11.3 Å². The lowest BCUT2D eigenvalue weighted by atomic mass is 10.0. The highest BCUT2D eigenvalue weighted by atomic mass is 32.1. The smallest absolute Gasteiger partial charge is 0.296 e. The van der Waals surface area contributed by atoms with Crippen molar-refractivity contribution in [3.05, 3.63) is 58.3 Å². The van der Waals surface area contributed by atoms with Crippen LogP contribution in [0.1, 0.15) is 30.1 Å². The zero-order valence-corrected chi connectivity index (χ0v) is 11.1. The Bertz CT molecular complexity index is 493. The van der Waals surface area contributed by atoms with Crippen molar-refractivity contribution in [1.82, 2.24) is 5.32 Å². The number of thiophene rings is 1. The van der Waals surface area contributed by atoms with Gasteiger partial charge in [0.1, 0.15) is 6.04 Å². The summed E-state index contributed by atoms with van der Waals surface area (Å²) in [5, 5.41) is 6.37. The van der Waals surface area contributed by atoms with Crippen LogP contribution in [0.2, 0.25) is 0 Å². The van der Waals surface area contributed by atoms with E-state index in [2.05, 4.69) is 5.32 Å². The Kier molecular flexibility index (Phi) is 4.27. The van der Waals surface area contributed by atoms with Gasteiger partial charge in [-0.15, -0.1) is 0 Å². The summed E-state index contributed by atoms with van der Waals surface area (Å²) in [5.74, 6) is 0. The zero-order valence-electron chi connectivity index (χ0n) is 10.3. The molecule has 0 saturated carbocycles. The maximum Gasteiger partial charge on any atom is 0.407 e. The van der Waals surface area contributed by atoms with Crippen LogP contribution in [-0.2, 0) is 0 Å². The molecule has 2 atom stereocenters. The molecule has 102 valence electrons. The molecule has 2 rings (SSSR count). The Morgan fingerprint density at radius 3 is 2.26 bits per heavy atom. The fraction of sp³-hybridized carbons (Fsp3) is 0.286. The topological polar surface area (TPSA) is 12.0 Å². The Morgan fingerprint density at radius 2 is 1.74 bits per heavy atom. The molecule has 0 aliphatic carbocycles. The fourth-order valence-corrected chi connectivity index (χ4v) is 2.65. The maximum atomic E-state index is 13.1. The monoisotopic (exact) mass is 285 g/mol. The first-order valence-corrected chi connectivity index (χ1v) is 6.82. The molecule has 0 spiro atoms. The van der Waals surface area contributed by atoms with Gasteiger partial charge in [0.2, 0.25) is 0 Å². The summed E-state index contributed by atoms with van der Waals surface area (Å²) in [5.41, 5.74) is 1.10. The molecule has 5 heteroatoms. The summed E-state index contributed by atoms with van der Waals surface area (Å²) >= 11 is 1.48. The minimum absolute atomic E-state index is 0.233. The van der Waals surface area contributed by atoms with E-state index >= 15 is 0 Å². The van der Waals surface area contributed by atoms with Gasteiger partial charge >= 0.3 is 6.18 Å². The highest BCUT2D eigenvalue weighted by molar-refractivity contribution is 7.07. The molecule has 2 aromatic rings. The van der Waals surface area contributed by atoms with E-state index in [0.717, 1.165) is 5.56 Å². The van der Waals surface area contributed by atoms with Crippen molar-refractivity contribution in [3.63, 3.8) is 0 Å². The summed E-state index contributed by atoms with van der Waals surface area (Å²) in [6, 6.07) is 7.76. The summed E-state index contributed by atoms with van der Waals surface area (Å²) in [6.45, 7) is 1.74. The van der Waals surface area contributed by atoms with E-state index in [0.29, 0.717) is 0 Å². The van der Waals surface area contributed by atoms with Gasteiger partial charge < -0.3 is 0 Å². The average Bonchev–Trinajstić information content (AvgIpc) is 2.89. The van der Waals surface area contributed by atoms with Crippen molar-refractivity contribution in [2.45, 2.75) is 25.2 Å². The van der Waals surface area contributed by atoms with E-state index in [4.69, 9.17) is 0 Å². The first kappa shape index (κ1) is 14.1. The minimum Gasteiger partial charge on any atom is -0.296 e. The number of nitrogens with one attached hydrogen (secondary N) is 1. The summed E-state index contributed by atoms with van der Waals surface area (Å²) in [6.07, 6.45) is -4.31. The summed E-state index contributed by atoms with van der Waals surface area (Å²) in [7, 11) is 0. The molecule has 0 fully saturated rings. The Labute approximate surface area is 114 Å². The molecule has 1 aromatic heterocycles. The number of alkyl halides is 3. The van der Waals surface area contributed by atoms with Crippen LogP contribution in [0.3, 0.4) is 0 Å². The van der Waals surface area contributed by atoms with Gasteiger partial charge in [0.25, 0.3) is 0 Å². The predicted octanol–water partition coefficient (Wildman–Crippen LogP) is 4.70. The zero-order chi connectivity index (χ0) is 13.9. The molecule has 1 aromatic carbocycles. The Morgan fingerprint density at radius 1 is 1.05 bits per heavy atom. The second-order valence-corrected chi connectivity index (χ2v) is 5.11. The quantitative estimate of drug-likeness (QED) is 0.858. The normalized spacial score (nSPS) is 15.2. The Balaban J connectivity index is 2.20. The maximum absolute atomic E-state index is 13.1. The molecule has 0 aliphatic rings. The van der Waals surface area contributed by atoms with Gasteiger partial charge in [-0.1, -0.05) is 30.3 Å². The number of hydrogen-bond donors (Lipinski definition) is 1. The highest BCUT2D eigenvalue weighted by Gasteiger charge is 2.41. The van der Waals surface area contributed by atoms with Crippen molar-refractivity contribution < 1.29 is 13.2 Å². The van der Waals surface area contributed by atoms with Crippen LogP contribution >= 0.6 is 11.3 Å². The standard InChI is InChI=1S/C14H14F3NS/c1-10(12-7-8-19-9-12)18-13(14(15,16)17)11-5-3-2-4-6-11/h2-10,13,18H,1H3. The lowest BCUT2D eigenvalue weighted by Gasteiger charge is -2.25.